The van der Waals surface area contributed by atoms with Gasteiger partial charge in [-0.3, -0.25) is 14.2 Å². The predicted octanol–water partition coefficient (Wildman–Crippen LogP) is 5.47. The van der Waals surface area contributed by atoms with Gasteiger partial charge in [-0.05, 0) is 57.2 Å². The van der Waals surface area contributed by atoms with Gasteiger partial charge in [-0.2, -0.15) is 13.2 Å². The average molecular weight is 508 g/mol. The Morgan fingerprint density at radius 2 is 1.89 bits per heavy atom. The zero-order chi connectivity index (χ0) is 25.3. The maximum absolute atomic E-state index is 13.3. The maximum Gasteiger partial charge on any atom is 0.418 e. The Bertz CT molecular complexity index is 1330. The first-order chi connectivity index (χ1) is 16.6. The summed E-state index contributed by atoms with van der Waals surface area (Å²) in [7, 11) is 0. The van der Waals surface area contributed by atoms with E-state index in [1.807, 2.05) is 0 Å². The smallest absolute Gasteiger partial charge is 0.418 e. The van der Waals surface area contributed by atoms with Gasteiger partial charge in [-0.15, -0.1) is 11.3 Å². The van der Waals surface area contributed by atoms with E-state index in [0.717, 1.165) is 66.5 Å². The van der Waals surface area contributed by atoms with Crippen LogP contribution in [0.4, 0.5) is 18.9 Å². The molecular weight excluding hydrogens is 483 g/mol. The summed E-state index contributed by atoms with van der Waals surface area (Å²) in [6, 6.07) is 3.45. The van der Waals surface area contributed by atoms with E-state index < -0.39 is 40.9 Å². The molecule has 4 rings (SSSR count). The first-order valence-electron chi connectivity index (χ1n) is 11.3. The Kier molecular flexibility index (Phi) is 6.98. The lowest BCUT2D eigenvalue weighted by Gasteiger charge is -2.21. The van der Waals surface area contributed by atoms with Crippen molar-refractivity contribution < 1.29 is 27.5 Å². The number of fused-ring (bicyclic) bond motifs is 1. The number of carbonyl (C=O) groups excluding carboxylic acids is 2. The van der Waals surface area contributed by atoms with E-state index in [1.54, 1.807) is 6.92 Å². The molecule has 35 heavy (non-hydrogen) atoms. The summed E-state index contributed by atoms with van der Waals surface area (Å²) >= 11 is 1.05. The number of nitrogens with one attached hydrogen (secondary N) is 1. The van der Waals surface area contributed by atoms with Crippen LogP contribution >= 0.6 is 11.3 Å². The number of ether oxygens (including phenoxy) is 1. The van der Waals surface area contributed by atoms with Crippen LogP contribution in [0.15, 0.2) is 35.4 Å². The van der Waals surface area contributed by atoms with E-state index in [1.165, 1.54) is 19.1 Å². The molecule has 0 saturated heterocycles. The lowest BCUT2D eigenvalue weighted by atomic mass is 9.98. The van der Waals surface area contributed by atoms with E-state index in [9.17, 15) is 27.6 Å². The van der Waals surface area contributed by atoms with Crippen molar-refractivity contribution in [2.45, 2.75) is 64.3 Å². The van der Waals surface area contributed by atoms with E-state index >= 15 is 0 Å². The molecule has 1 saturated carbocycles. The fraction of sp³-hybridized carbons (Fsp3) is 0.417. The van der Waals surface area contributed by atoms with Crippen molar-refractivity contribution in [3.05, 3.63) is 57.0 Å². The summed E-state index contributed by atoms with van der Waals surface area (Å²) in [5, 5.41) is 2.44. The maximum atomic E-state index is 13.3. The summed E-state index contributed by atoms with van der Waals surface area (Å²) in [6.45, 7) is 3.01. The zero-order valence-electron chi connectivity index (χ0n) is 19.1. The van der Waals surface area contributed by atoms with E-state index in [-0.39, 0.29) is 16.4 Å². The standard InChI is InChI=1S/C24H24F3N3O4S/c1-13-18-21(35-19(13)23(33)34-15-8-4-3-5-9-15)28-12-30(22(18)32)14(2)20(31)29-17-11-7-6-10-16(17)24(25,26)27/h6-7,10-12,14-15H,3-5,8-9H2,1-2H3,(H,29,31)/t14-/m1/s1. The van der Waals surface area contributed by atoms with Crippen LogP contribution in [-0.2, 0) is 15.7 Å². The minimum Gasteiger partial charge on any atom is -0.458 e. The summed E-state index contributed by atoms with van der Waals surface area (Å²) in [5.74, 6) is -1.31. The minimum absolute atomic E-state index is 0.145. The normalized spacial score (nSPS) is 15.7. The second-order valence-electron chi connectivity index (χ2n) is 8.57. The third-order valence-electron chi connectivity index (χ3n) is 6.17. The molecule has 0 aliphatic heterocycles. The minimum atomic E-state index is -4.65. The molecule has 2 heterocycles. The van der Waals surface area contributed by atoms with Crippen LogP contribution in [0.1, 0.15) is 65.9 Å². The number of aryl methyl sites for hydroxylation is 1. The van der Waals surface area contributed by atoms with Crippen LogP contribution in [0, 0.1) is 6.92 Å². The molecule has 186 valence electrons. The molecule has 1 atom stereocenters. The molecule has 7 nitrogen and oxygen atoms in total. The number of para-hydroxylation sites is 1. The zero-order valence-corrected chi connectivity index (χ0v) is 20.0. The quantitative estimate of drug-likeness (QED) is 0.462. The summed E-state index contributed by atoms with van der Waals surface area (Å²) in [4.78, 5) is 43.6. The van der Waals surface area contributed by atoms with Gasteiger partial charge in [0, 0.05) is 0 Å². The molecule has 0 unspecified atom stereocenters. The Hall–Kier alpha value is -3.21. The Balaban J connectivity index is 1.60. The van der Waals surface area contributed by atoms with Crippen LogP contribution in [0.2, 0.25) is 0 Å². The number of esters is 1. The van der Waals surface area contributed by atoms with Crippen molar-refractivity contribution in [2.75, 3.05) is 5.32 Å². The highest BCUT2D eigenvalue weighted by atomic mass is 32.1. The molecule has 1 amide bonds. The molecule has 3 aromatic rings. The number of nitrogens with zero attached hydrogens (tertiary/aromatic N) is 2. The summed E-state index contributed by atoms with van der Waals surface area (Å²) in [6.07, 6.45) is 1.11. The van der Waals surface area contributed by atoms with Gasteiger partial charge in [0.15, 0.2) is 0 Å². The molecule has 1 aliphatic rings. The predicted molar refractivity (Wildman–Crippen MR) is 126 cm³/mol. The van der Waals surface area contributed by atoms with Gasteiger partial charge in [-0.1, -0.05) is 18.6 Å². The fourth-order valence-electron chi connectivity index (χ4n) is 4.20. The number of hydrogen-bond acceptors (Lipinski definition) is 6. The van der Waals surface area contributed by atoms with E-state index in [0.29, 0.717) is 10.4 Å². The Labute approximate surface area is 202 Å². The first kappa shape index (κ1) is 24.9. The van der Waals surface area contributed by atoms with E-state index in [2.05, 4.69) is 10.3 Å². The highest BCUT2D eigenvalue weighted by Gasteiger charge is 2.34. The Morgan fingerprint density at radius 1 is 1.20 bits per heavy atom. The van der Waals surface area contributed by atoms with Gasteiger partial charge in [0.1, 0.15) is 21.9 Å². The number of halogens is 3. The van der Waals surface area contributed by atoms with E-state index in [4.69, 9.17) is 4.74 Å². The second kappa shape index (κ2) is 9.80. The van der Waals surface area contributed by atoms with Crippen molar-refractivity contribution in [1.29, 1.82) is 0 Å². The van der Waals surface area contributed by atoms with Crippen molar-refractivity contribution in [1.82, 2.24) is 9.55 Å². The Morgan fingerprint density at radius 3 is 2.57 bits per heavy atom. The number of rotatable bonds is 5. The van der Waals surface area contributed by atoms with Gasteiger partial charge in [0.25, 0.3) is 5.56 Å². The number of carbonyl (C=O) groups is 2. The van der Waals surface area contributed by atoms with Crippen molar-refractivity contribution >= 4 is 39.1 Å². The van der Waals surface area contributed by atoms with Gasteiger partial charge in [0.2, 0.25) is 5.91 Å². The van der Waals surface area contributed by atoms with Crippen LogP contribution in [0.3, 0.4) is 0 Å². The molecule has 1 N–H and O–H groups in total. The largest absolute Gasteiger partial charge is 0.458 e. The van der Waals surface area contributed by atoms with Crippen molar-refractivity contribution in [2.24, 2.45) is 0 Å². The molecule has 0 radical (unpaired) electrons. The highest BCUT2D eigenvalue weighted by Crippen LogP contribution is 2.35. The van der Waals surface area contributed by atoms with Gasteiger partial charge in [0.05, 0.1) is 23.0 Å². The second-order valence-corrected chi connectivity index (χ2v) is 9.57. The third-order valence-corrected chi connectivity index (χ3v) is 7.35. The van der Waals surface area contributed by atoms with Gasteiger partial charge < -0.3 is 10.1 Å². The fourth-order valence-corrected chi connectivity index (χ4v) is 5.22. The van der Waals surface area contributed by atoms with Crippen LogP contribution in [-0.4, -0.2) is 27.5 Å². The topological polar surface area (TPSA) is 90.3 Å². The lowest BCUT2D eigenvalue weighted by Crippen LogP contribution is -2.32. The van der Waals surface area contributed by atoms with Gasteiger partial charge in [-0.25, -0.2) is 9.78 Å². The van der Waals surface area contributed by atoms with Crippen LogP contribution in [0.5, 0.6) is 0 Å². The van der Waals surface area contributed by atoms with Crippen molar-refractivity contribution in [3.63, 3.8) is 0 Å². The molecule has 1 fully saturated rings. The monoisotopic (exact) mass is 507 g/mol. The SMILES string of the molecule is Cc1c(C(=O)OC2CCCCC2)sc2ncn([C@H](C)C(=O)Nc3ccccc3C(F)(F)F)c(=O)c12. The third kappa shape index (κ3) is 5.09. The van der Waals surface area contributed by atoms with Crippen LogP contribution < -0.4 is 10.9 Å². The number of alkyl halides is 3. The van der Waals surface area contributed by atoms with Gasteiger partial charge >= 0.3 is 12.1 Å². The summed E-state index contributed by atoms with van der Waals surface area (Å²) in [5.41, 5.74) is -1.55. The molecule has 1 aliphatic carbocycles. The molecule has 0 spiro atoms. The molecular formula is C24H24F3N3O4S. The number of aromatic nitrogens is 2. The molecule has 11 heteroatoms. The van der Waals surface area contributed by atoms with Crippen molar-refractivity contribution in [3.8, 4) is 0 Å². The molecule has 1 aromatic carbocycles. The highest BCUT2D eigenvalue weighted by molar-refractivity contribution is 7.20. The number of hydrogen-bond donors (Lipinski definition) is 1. The first-order valence-corrected chi connectivity index (χ1v) is 12.1. The number of anilines is 1. The van der Waals surface area contributed by atoms with Crippen LogP contribution in [0.25, 0.3) is 10.2 Å². The summed E-state index contributed by atoms with van der Waals surface area (Å²) < 4.78 is 46.5. The number of benzene rings is 1. The average Bonchev–Trinajstić information content (AvgIpc) is 3.16. The number of thiophene rings is 1. The molecule has 0 bridgehead atoms. The number of amides is 1. The molecule has 2 aromatic heterocycles. The lowest BCUT2D eigenvalue weighted by molar-refractivity contribution is -0.137.